The number of benzene rings is 2. The molecule has 2 aromatic carbocycles. The molecule has 5 heteroatoms. The molecule has 5 nitrogen and oxygen atoms in total. The first-order chi connectivity index (χ1) is 11.2. The first kappa shape index (κ1) is 15.4. The quantitative estimate of drug-likeness (QED) is 0.735. The van der Waals surface area contributed by atoms with Gasteiger partial charge >= 0.3 is 0 Å². The Morgan fingerprint density at radius 2 is 1.78 bits per heavy atom. The highest BCUT2D eigenvalue weighted by molar-refractivity contribution is 5.34. The van der Waals surface area contributed by atoms with Crippen LogP contribution in [0.5, 0.6) is 0 Å². The monoisotopic (exact) mass is 308 g/mol. The van der Waals surface area contributed by atoms with Gasteiger partial charge in [-0.15, -0.1) is 0 Å². The van der Waals surface area contributed by atoms with Gasteiger partial charge in [-0.3, -0.25) is 0 Å². The van der Waals surface area contributed by atoms with Crippen molar-refractivity contribution in [3.8, 4) is 5.69 Å². The number of aliphatic hydroxyl groups is 1. The Kier molecular flexibility index (Phi) is 4.80. The van der Waals surface area contributed by atoms with Gasteiger partial charge in [-0.25, -0.2) is 9.67 Å². The van der Waals surface area contributed by atoms with Gasteiger partial charge < -0.3 is 10.4 Å². The number of rotatable bonds is 6. The molecule has 0 aliphatic rings. The van der Waals surface area contributed by atoms with Crippen molar-refractivity contribution in [3.05, 3.63) is 78.4 Å². The molecule has 0 amide bonds. The summed E-state index contributed by atoms with van der Waals surface area (Å²) in [6.45, 7) is 2.60. The molecule has 1 aromatic heterocycles. The molecule has 0 saturated carbocycles. The highest BCUT2D eigenvalue weighted by atomic mass is 16.3. The normalized spacial score (nSPS) is 13.7. The summed E-state index contributed by atoms with van der Waals surface area (Å²) in [7, 11) is 0. The smallest absolute Gasteiger partial charge is 0.138 e. The fourth-order valence-corrected chi connectivity index (χ4v) is 2.46. The molecule has 3 rings (SSSR count). The van der Waals surface area contributed by atoms with E-state index in [1.54, 1.807) is 11.0 Å². The van der Waals surface area contributed by atoms with Crippen molar-refractivity contribution in [1.29, 1.82) is 0 Å². The Morgan fingerprint density at radius 3 is 2.43 bits per heavy atom. The Hall–Kier alpha value is -2.50. The van der Waals surface area contributed by atoms with Crippen molar-refractivity contribution in [2.75, 3.05) is 6.54 Å². The van der Waals surface area contributed by atoms with Crippen molar-refractivity contribution in [1.82, 2.24) is 20.1 Å². The van der Waals surface area contributed by atoms with Crippen LogP contribution < -0.4 is 5.32 Å². The summed E-state index contributed by atoms with van der Waals surface area (Å²) in [6.07, 6.45) is 2.68. The minimum absolute atomic E-state index is 0.151. The summed E-state index contributed by atoms with van der Waals surface area (Å²) in [5, 5.41) is 17.7. The standard InChI is InChI=1S/C18H20N4O/c1-14(20-11-18(23)16-5-3-2-4-6-16)15-7-9-17(10-8-15)22-13-19-12-21-22/h2-10,12-14,18,20,23H,11H2,1H3/t14-,18-/m1/s1. The second-order valence-electron chi connectivity index (χ2n) is 5.49. The van der Waals surface area contributed by atoms with Crippen LogP contribution in [0.15, 0.2) is 67.3 Å². The molecule has 0 aliphatic carbocycles. The van der Waals surface area contributed by atoms with Crippen LogP contribution in [0.3, 0.4) is 0 Å². The first-order valence-electron chi connectivity index (χ1n) is 7.65. The summed E-state index contributed by atoms with van der Waals surface area (Å²) >= 11 is 0. The molecule has 0 spiro atoms. The van der Waals surface area contributed by atoms with E-state index >= 15 is 0 Å². The van der Waals surface area contributed by atoms with E-state index in [1.807, 2.05) is 42.5 Å². The van der Waals surface area contributed by atoms with Crippen LogP contribution in [0, 0.1) is 0 Å². The first-order valence-corrected chi connectivity index (χ1v) is 7.65. The third kappa shape index (κ3) is 3.83. The second kappa shape index (κ2) is 7.17. The van der Waals surface area contributed by atoms with Gasteiger partial charge in [0.05, 0.1) is 11.8 Å². The van der Waals surface area contributed by atoms with Crippen LogP contribution in [0.25, 0.3) is 5.69 Å². The van der Waals surface area contributed by atoms with Crippen LogP contribution in [-0.4, -0.2) is 26.4 Å². The third-order valence-electron chi connectivity index (χ3n) is 3.88. The third-order valence-corrected chi connectivity index (χ3v) is 3.88. The molecule has 0 fully saturated rings. The average molecular weight is 308 g/mol. The lowest BCUT2D eigenvalue weighted by Gasteiger charge is -2.18. The number of hydrogen-bond donors (Lipinski definition) is 2. The minimum Gasteiger partial charge on any atom is -0.387 e. The van der Waals surface area contributed by atoms with Gasteiger partial charge in [0.1, 0.15) is 12.7 Å². The highest BCUT2D eigenvalue weighted by Gasteiger charge is 2.10. The second-order valence-corrected chi connectivity index (χ2v) is 5.49. The SMILES string of the molecule is C[C@@H](NC[C@@H](O)c1ccccc1)c1ccc(-n2cncn2)cc1. The largest absolute Gasteiger partial charge is 0.387 e. The molecule has 23 heavy (non-hydrogen) atoms. The zero-order chi connectivity index (χ0) is 16.1. The van der Waals surface area contributed by atoms with Gasteiger partial charge in [-0.05, 0) is 30.2 Å². The van der Waals surface area contributed by atoms with Crippen molar-refractivity contribution < 1.29 is 5.11 Å². The molecule has 118 valence electrons. The van der Waals surface area contributed by atoms with Crippen LogP contribution in [0.1, 0.15) is 30.2 Å². The Balaban J connectivity index is 1.59. The summed E-state index contributed by atoms with van der Waals surface area (Å²) in [5.41, 5.74) is 3.06. The van der Waals surface area contributed by atoms with Gasteiger partial charge in [-0.1, -0.05) is 42.5 Å². The summed E-state index contributed by atoms with van der Waals surface area (Å²) in [4.78, 5) is 3.95. The molecular formula is C18H20N4O. The number of nitrogens with zero attached hydrogens (tertiary/aromatic N) is 3. The van der Waals surface area contributed by atoms with E-state index in [9.17, 15) is 5.11 Å². The maximum absolute atomic E-state index is 10.2. The van der Waals surface area contributed by atoms with Crippen LogP contribution in [-0.2, 0) is 0 Å². The molecule has 2 atom stereocenters. The summed E-state index contributed by atoms with van der Waals surface area (Å²) < 4.78 is 1.72. The van der Waals surface area contributed by atoms with E-state index in [4.69, 9.17) is 0 Å². The number of aliphatic hydroxyl groups excluding tert-OH is 1. The lowest BCUT2D eigenvalue weighted by molar-refractivity contribution is 0.171. The van der Waals surface area contributed by atoms with E-state index in [1.165, 1.54) is 6.33 Å². The fourth-order valence-electron chi connectivity index (χ4n) is 2.46. The minimum atomic E-state index is -0.506. The molecule has 0 saturated heterocycles. The predicted octanol–water partition coefficient (Wildman–Crippen LogP) is 2.65. The number of hydrogen-bond acceptors (Lipinski definition) is 4. The van der Waals surface area contributed by atoms with Crippen LogP contribution >= 0.6 is 0 Å². The highest BCUT2D eigenvalue weighted by Crippen LogP contribution is 2.17. The van der Waals surface area contributed by atoms with Crippen molar-refractivity contribution in [3.63, 3.8) is 0 Å². The summed E-state index contributed by atoms with van der Waals surface area (Å²) in [5.74, 6) is 0. The Labute approximate surface area is 135 Å². The van der Waals surface area contributed by atoms with Crippen LogP contribution in [0.2, 0.25) is 0 Å². The van der Waals surface area contributed by atoms with E-state index < -0.39 is 6.10 Å². The number of nitrogens with one attached hydrogen (secondary N) is 1. The maximum Gasteiger partial charge on any atom is 0.138 e. The van der Waals surface area contributed by atoms with E-state index in [-0.39, 0.29) is 6.04 Å². The zero-order valence-electron chi connectivity index (χ0n) is 13.0. The van der Waals surface area contributed by atoms with Gasteiger partial charge in [0.25, 0.3) is 0 Å². The lowest BCUT2D eigenvalue weighted by atomic mass is 10.1. The predicted molar refractivity (Wildman–Crippen MR) is 89.2 cm³/mol. The topological polar surface area (TPSA) is 63.0 Å². The molecule has 2 N–H and O–H groups in total. The average Bonchev–Trinajstić information content (AvgIpc) is 3.15. The Morgan fingerprint density at radius 1 is 1.04 bits per heavy atom. The van der Waals surface area contributed by atoms with E-state index in [2.05, 4.69) is 34.5 Å². The molecule has 0 unspecified atom stereocenters. The van der Waals surface area contributed by atoms with E-state index in [0.29, 0.717) is 6.54 Å². The van der Waals surface area contributed by atoms with Crippen molar-refractivity contribution in [2.45, 2.75) is 19.1 Å². The van der Waals surface area contributed by atoms with Crippen molar-refractivity contribution >= 4 is 0 Å². The molecule has 1 heterocycles. The zero-order valence-corrected chi connectivity index (χ0v) is 13.0. The maximum atomic E-state index is 10.2. The molecular weight excluding hydrogens is 288 g/mol. The van der Waals surface area contributed by atoms with E-state index in [0.717, 1.165) is 16.8 Å². The molecule has 3 aromatic rings. The van der Waals surface area contributed by atoms with Gasteiger partial charge in [0.15, 0.2) is 0 Å². The summed E-state index contributed by atoms with van der Waals surface area (Å²) in [6, 6.07) is 18.0. The van der Waals surface area contributed by atoms with Gasteiger partial charge in [-0.2, -0.15) is 5.10 Å². The Bertz CT molecular complexity index is 711. The number of aromatic nitrogens is 3. The molecule has 0 radical (unpaired) electrons. The van der Waals surface area contributed by atoms with Crippen molar-refractivity contribution in [2.24, 2.45) is 0 Å². The molecule has 0 bridgehead atoms. The van der Waals surface area contributed by atoms with Gasteiger partial charge in [0, 0.05) is 12.6 Å². The fraction of sp³-hybridized carbons (Fsp3) is 0.222. The lowest BCUT2D eigenvalue weighted by Crippen LogP contribution is -2.24. The van der Waals surface area contributed by atoms with Gasteiger partial charge in [0.2, 0.25) is 0 Å². The van der Waals surface area contributed by atoms with Crippen LogP contribution in [0.4, 0.5) is 0 Å². The molecule has 0 aliphatic heterocycles.